The third kappa shape index (κ3) is 3.60. The van der Waals surface area contributed by atoms with E-state index in [0.717, 1.165) is 33.5 Å². The summed E-state index contributed by atoms with van der Waals surface area (Å²) in [6, 6.07) is 13.2. The molecule has 0 saturated heterocycles. The molecule has 5 aromatic rings. The minimum atomic E-state index is -0.215. The van der Waals surface area contributed by atoms with E-state index in [1.165, 1.54) is 0 Å². The number of hydrogen-bond donors (Lipinski definition) is 4. The van der Waals surface area contributed by atoms with Gasteiger partial charge in [-0.05, 0) is 48.9 Å². The Balaban J connectivity index is 1.48. The van der Waals surface area contributed by atoms with E-state index >= 15 is 0 Å². The summed E-state index contributed by atoms with van der Waals surface area (Å²) in [5.41, 5.74) is 5.36. The van der Waals surface area contributed by atoms with Crippen molar-refractivity contribution < 1.29 is 4.79 Å². The highest BCUT2D eigenvalue weighted by Gasteiger charge is 2.17. The van der Waals surface area contributed by atoms with Crippen LogP contribution in [0.2, 0.25) is 0 Å². The van der Waals surface area contributed by atoms with E-state index in [4.69, 9.17) is 0 Å². The number of aryl methyl sites for hydroxylation is 1. The average Bonchev–Trinajstić information content (AvgIpc) is 3.39. The predicted molar refractivity (Wildman–Crippen MR) is 127 cm³/mol. The number of pyridine rings is 1. The Morgan fingerprint density at radius 1 is 1.09 bits per heavy atom. The molecule has 0 fully saturated rings. The summed E-state index contributed by atoms with van der Waals surface area (Å²) < 4.78 is 0. The molecule has 0 saturated carbocycles. The third-order valence-corrected chi connectivity index (χ3v) is 5.27. The summed E-state index contributed by atoms with van der Waals surface area (Å²) in [6.45, 7) is 1.98. The van der Waals surface area contributed by atoms with Gasteiger partial charge in [0.15, 0.2) is 0 Å². The Bertz CT molecular complexity index is 1450. The molecule has 0 bridgehead atoms. The van der Waals surface area contributed by atoms with E-state index < -0.39 is 0 Å². The van der Waals surface area contributed by atoms with Gasteiger partial charge in [0.25, 0.3) is 5.91 Å². The molecule has 32 heavy (non-hydrogen) atoms. The van der Waals surface area contributed by atoms with Gasteiger partial charge in [-0.1, -0.05) is 6.07 Å². The number of carbonyl (C=O) groups excluding carboxylic acids is 1. The van der Waals surface area contributed by atoms with Crippen LogP contribution < -0.4 is 15.5 Å². The fourth-order valence-corrected chi connectivity index (χ4v) is 3.60. The summed E-state index contributed by atoms with van der Waals surface area (Å²) in [6.07, 6.45) is 3.47. The maximum atomic E-state index is 13.2. The van der Waals surface area contributed by atoms with Crippen molar-refractivity contribution in [2.75, 3.05) is 29.6 Å². The smallest absolute Gasteiger partial charge is 0.257 e. The molecule has 0 atom stereocenters. The van der Waals surface area contributed by atoms with Crippen LogP contribution in [-0.4, -0.2) is 45.2 Å². The second kappa shape index (κ2) is 7.69. The quantitative estimate of drug-likeness (QED) is 0.335. The van der Waals surface area contributed by atoms with Crippen molar-refractivity contribution in [3.8, 4) is 0 Å². The first-order valence-electron chi connectivity index (χ1n) is 10.1. The van der Waals surface area contributed by atoms with Gasteiger partial charge in [-0.3, -0.25) is 9.89 Å². The molecular formula is C23H22N8O. The number of nitrogens with one attached hydrogen (secondary N) is 4. The third-order valence-electron chi connectivity index (χ3n) is 5.27. The van der Waals surface area contributed by atoms with Gasteiger partial charge in [-0.25, -0.2) is 9.97 Å². The van der Waals surface area contributed by atoms with Crippen LogP contribution in [0.4, 0.5) is 23.1 Å². The van der Waals surface area contributed by atoms with E-state index in [0.29, 0.717) is 22.7 Å². The molecule has 5 rings (SSSR count). The molecule has 9 heteroatoms. The first-order chi connectivity index (χ1) is 15.5. The fourth-order valence-electron chi connectivity index (χ4n) is 3.60. The number of imidazole rings is 1. The van der Waals surface area contributed by atoms with Crippen molar-refractivity contribution in [1.29, 1.82) is 0 Å². The van der Waals surface area contributed by atoms with E-state index in [-0.39, 0.29) is 5.91 Å². The maximum Gasteiger partial charge on any atom is 0.257 e. The Morgan fingerprint density at radius 2 is 1.97 bits per heavy atom. The minimum Gasteiger partial charge on any atom is -0.377 e. The second-order valence-corrected chi connectivity index (χ2v) is 7.79. The summed E-state index contributed by atoms with van der Waals surface area (Å²) >= 11 is 0. The van der Waals surface area contributed by atoms with Crippen LogP contribution in [-0.2, 0) is 0 Å². The number of H-pyrrole nitrogens is 2. The minimum absolute atomic E-state index is 0.215. The summed E-state index contributed by atoms with van der Waals surface area (Å²) in [7, 11) is 3.81. The molecule has 2 aromatic carbocycles. The zero-order valence-corrected chi connectivity index (χ0v) is 17.9. The molecule has 0 aliphatic rings. The standard InChI is InChI=1S/C23H22N8O/c1-13-5-4-8-24-21(13)29-23-27-18-10-16(20(31(2)3)11-19(18)28-23)22(32)26-15-7-6-14-12-25-30-17(14)9-15/h4-12H,1-3H3,(H,25,30)(H,26,32)(H2,24,27,28,29). The van der Waals surface area contributed by atoms with Gasteiger partial charge < -0.3 is 20.5 Å². The lowest BCUT2D eigenvalue weighted by Crippen LogP contribution is -2.18. The van der Waals surface area contributed by atoms with Crippen molar-refractivity contribution in [1.82, 2.24) is 25.1 Å². The first-order valence-corrected chi connectivity index (χ1v) is 10.1. The summed E-state index contributed by atoms with van der Waals surface area (Å²) in [5.74, 6) is 1.08. The van der Waals surface area contributed by atoms with E-state index in [1.807, 2.05) is 62.3 Å². The monoisotopic (exact) mass is 426 g/mol. The highest BCUT2D eigenvalue weighted by atomic mass is 16.1. The number of anilines is 4. The predicted octanol–water partition coefficient (Wildman–Crippen LogP) is 4.20. The van der Waals surface area contributed by atoms with Crippen LogP contribution in [0.15, 0.2) is 54.9 Å². The Kier molecular flexibility index (Phi) is 4.70. The van der Waals surface area contributed by atoms with Crippen LogP contribution in [0.3, 0.4) is 0 Å². The number of fused-ring (bicyclic) bond motifs is 2. The van der Waals surface area contributed by atoms with Gasteiger partial charge in [0.05, 0.1) is 34.0 Å². The lowest BCUT2D eigenvalue weighted by molar-refractivity contribution is 0.102. The number of rotatable bonds is 5. The molecule has 9 nitrogen and oxygen atoms in total. The molecule has 0 radical (unpaired) electrons. The van der Waals surface area contributed by atoms with Gasteiger partial charge in [0.1, 0.15) is 5.82 Å². The van der Waals surface area contributed by atoms with Crippen molar-refractivity contribution in [2.45, 2.75) is 6.92 Å². The number of aromatic nitrogens is 5. The molecule has 0 unspecified atom stereocenters. The Hall–Kier alpha value is -4.40. The normalized spacial score (nSPS) is 11.1. The van der Waals surface area contributed by atoms with E-state index in [2.05, 4.69) is 35.8 Å². The van der Waals surface area contributed by atoms with Crippen LogP contribution in [0, 0.1) is 6.92 Å². The highest BCUT2D eigenvalue weighted by molar-refractivity contribution is 6.11. The van der Waals surface area contributed by atoms with Crippen molar-refractivity contribution in [3.63, 3.8) is 0 Å². The molecule has 0 aliphatic heterocycles. The average molecular weight is 426 g/mol. The van der Waals surface area contributed by atoms with Crippen molar-refractivity contribution in [2.24, 2.45) is 0 Å². The van der Waals surface area contributed by atoms with Crippen LogP contribution in [0.25, 0.3) is 21.9 Å². The van der Waals surface area contributed by atoms with Crippen LogP contribution in [0.1, 0.15) is 15.9 Å². The molecule has 3 heterocycles. The molecular weight excluding hydrogens is 404 g/mol. The van der Waals surface area contributed by atoms with Crippen molar-refractivity contribution in [3.05, 3.63) is 66.0 Å². The highest BCUT2D eigenvalue weighted by Crippen LogP contribution is 2.28. The Morgan fingerprint density at radius 3 is 2.78 bits per heavy atom. The number of carbonyl (C=O) groups is 1. The van der Waals surface area contributed by atoms with Gasteiger partial charge in [0, 0.05) is 31.4 Å². The maximum absolute atomic E-state index is 13.2. The molecule has 3 aromatic heterocycles. The largest absolute Gasteiger partial charge is 0.377 e. The number of amides is 1. The summed E-state index contributed by atoms with van der Waals surface area (Å²) in [5, 5.41) is 14.1. The molecule has 4 N–H and O–H groups in total. The lowest BCUT2D eigenvalue weighted by atomic mass is 10.1. The molecule has 160 valence electrons. The van der Waals surface area contributed by atoms with Crippen LogP contribution in [0.5, 0.6) is 0 Å². The van der Waals surface area contributed by atoms with E-state index in [1.54, 1.807) is 18.5 Å². The molecule has 0 aliphatic carbocycles. The number of benzene rings is 2. The number of hydrogen-bond acceptors (Lipinski definition) is 6. The lowest BCUT2D eigenvalue weighted by Gasteiger charge is -2.17. The number of aromatic amines is 2. The fraction of sp³-hybridized carbons (Fsp3) is 0.130. The van der Waals surface area contributed by atoms with Gasteiger partial charge >= 0.3 is 0 Å². The second-order valence-electron chi connectivity index (χ2n) is 7.79. The zero-order valence-electron chi connectivity index (χ0n) is 17.9. The van der Waals surface area contributed by atoms with Gasteiger partial charge in [-0.15, -0.1) is 0 Å². The Labute approximate surface area is 183 Å². The first kappa shape index (κ1) is 19.6. The van der Waals surface area contributed by atoms with Gasteiger partial charge in [-0.2, -0.15) is 5.10 Å². The van der Waals surface area contributed by atoms with Gasteiger partial charge in [0.2, 0.25) is 5.95 Å². The van der Waals surface area contributed by atoms with Crippen LogP contribution >= 0.6 is 0 Å². The van der Waals surface area contributed by atoms with E-state index in [9.17, 15) is 4.79 Å². The molecule has 1 amide bonds. The SMILES string of the molecule is Cc1cccnc1Nc1nc2cc(C(=O)Nc3ccc4cn[nH]c4c3)c(N(C)C)cc2[nH]1. The van der Waals surface area contributed by atoms with Crippen molar-refractivity contribution >= 4 is 51.0 Å². The molecule has 0 spiro atoms. The topological polar surface area (TPSA) is 115 Å². The summed E-state index contributed by atoms with van der Waals surface area (Å²) in [4.78, 5) is 27.3. The zero-order chi connectivity index (χ0) is 22.2. The number of nitrogens with zero attached hydrogens (tertiary/aromatic N) is 4.